The number of hydrogen-bond donors (Lipinski definition) is 0. The van der Waals surface area contributed by atoms with Gasteiger partial charge in [0, 0.05) is 67.0 Å². The summed E-state index contributed by atoms with van der Waals surface area (Å²) in [5, 5.41) is 5.18. The molecule has 0 saturated carbocycles. The van der Waals surface area contributed by atoms with Gasteiger partial charge in [-0.2, -0.15) is 0 Å². The van der Waals surface area contributed by atoms with E-state index in [1.807, 2.05) is 0 Å². The molecule has 11 aromatic rings. The maximum Gasteiger partial charge on any atom is 0.252 e. The van der Waals surface area contributed by atoms with Crippen molar-refractivity contribution in [2.75, 3.05) is 9.80 Å². The second-order valence-electron chi connectivity index (χ2n) is 31.6. The van der Waals surface area contributed by atoms with Gasteiger partial charge in [0.15, 0.2) is 0 Å². The minimum absolute atomic E-state index is 0.0245. The summed E-state index contributed by atoms with van der Waals surface area (Å²) in [6, 6.07) is 63.5. The summed E-state index contributed by atoms with van der Waals surface area (Å²) in [5.41, 5.74) is 31.3. The Morgan fingerprint density at radius 2 is 0.524 bits per heavy atom. The van der Waals surface area contributed by atoms with Crippen molar-refractivity contribution in [3.05, 3.63) is 191 Å². The fourth-order valence-corrected chi connectivity index (χ4v) is 15.0. The van der Waals surface area contributed by atoms with E-state index in [-0.39, 0.29) is 45.9 Å². The topological polar surface area (TPSA) is 16.3 Å². The van der Waals surface area contributed by atoms with E-state index in [0.29, 0.717) is 0 Å². The summed E-state index contributed by atoms with van der Waals surface area (Å²) in [5.74, 6) is 0. The molecule has 84 heavy (non-hydrogen) atoms. The lowest BCUT2D eigenvalue weighted by Crippen LogP contribution is -2.60. The maximum absolute atomic E-state index is 2.68. The lowest BCUT2D eigenvalue weighted by Gasteiger charge is -2.41. The van der Waals surface area contributed by atoms with E-state index in [4.69, 9.17) is 0 Å². The minimum Gasteiger partial charge on any atom is -0.311 e. The zero-order valence-electron chi connectivity index (χ0n) is 53.0. The number of rotatable bonds is 2. The predicted molar refractivity (Wildman–Crippen MR) is 366 cm³/mol. The van der Waals surface area contributed by atoms with E-state index in [9.17, 15) is 0 Å². The molecule has 0 unspecified atom stereocenters. The zero-order chi connectivity index (χ0) is 59.0. The van der Waals surface area contributed by atoms with Crippen molar-refractivity contribution in [3.63, 3.8) is 0 Å². The van der Waals surface area contributed by atoms with E-state index >= 15 is 0 Å². The molecule has 9 aromatic carbocycles. The van der Waals surface area contributed by atoms with Crippen molar-refractivity contribution >= 4 is 124 Å². The molecule has 0 radical (unpaired) electrons. The molecule has 0 spiro atoms. The van der Waals surface area contributed by atoms with E-state index < -0.39 is 0 Å². The molecule has 2 aromatic heterocycles. The van der Waals surface area contributed by atoms with Crippen LogP contribution in [0.3, 0.4) is 0 Å². The molecule has 0 saturated heterocycles. The fraction of sp³-hybridized carbons (Fsp3) is 0.308. The second kappa shape index (κ2) is 17.0. The van der Waals surface area contributed by atoms with E-state index in [1.54, 1.807) is 0 Å². The van der Waals surface area contributed by atoms with Gasteiger partial charge in [0.1, 0.15) is 0 Å². The third-order valence-corrected chi connectivity index (χ3v) is 19.8. The van der Waals surface area contributed by atoms with Gasteiger partial charge in [-0.3, -0.25) is 0 Å². The van der Waals surface area contributed by atoms with E-state index in [1.165, 1.54) is 155 Å². The average molecular weight is 1100 g/mol. The molecule has 0 amide bonds. The molecule has 0 aliphatic carbocycles. The van der Waals surface area contributed by atoms with Crippen LogP contribution in [0.5, 0.6) is 0 Å². The predicted octanol–water partition coefficient (Wildman–Crippen LogP) is 16.9. The Morgan fingerprint density at radius 3 is 0.833 bits per heavy atom. The Kier molecular flexibility index (Phi) is 10.8. The number of anilines is 6. The molecule has 4 aliphatic heterocycles. The number of fused-ring (bicyclic) bond motifs is 16. The summed E-state index contributed by atoms with van der Waals surface area (Å²) in [7, 11) is 0. The lowest BCUT2D eigenvalue weighted by atomic mass is 9.33. The normalized spacial score (nSPS) is 14.7. The first-order valence-electron chi connectivity index (χ1n) is 31.0. The monoisotopic (exact) mass is 1090 g/mol. The highest BCUT2D eigenvalue weighted by Crippen LogP contribution is 2.49. The Balaban J connectivity index is 1.06. The molecule has 0 atom stereocenters. The van der Waals surface area contributed by atoms with Crippen molar-refractivity contribution in [3.8, 4) is 11.4 Å². The van der Waals surface area contributed by atoms with Gasteiger partial charge < -0.3 is 18.9 Å². The fourth-order valence-electron chi connectivity index (χ4n) is 15.0. The van der Waals surface area contributed by atoms with Crippen LogP contribution in [0.25, 0.3) is 55.0 Å². The van der Waals surface area contributed by atoms with Crippen molar-refractivity contribution in [1.82, 2.24) is 9.13 Å². The van der Waals surface area contributed by atoms with Crippen molar-refractivity contribution in [2.24, 2.45) is 0 Å². The summed E-state index contributed by atoms with van der Waals surface area (Å²) in [6.07, 6.45) is 0. The van der Waals surface area contributed by atoms with Crippen LogP contribution in [0.2, 0.25) is 0 Å². The highest BCUT2D eigenvalue weighted by Gasteiger charge is 2.46. The van der Waals surface area contributed by atoms with Gasteiger partial charge in [0.25, 0.3) is 13.4 Å². The van der Waals surface area contributed by atoms with Gasteiger partial charge in [0.05, 0.1) is 22.1 Å². The van der Waals surface area contributed by atoms with Crippen LogP contribution in [-0.2, 0) is 32.5 Å². The Bertz CT molecular complexity index is 4360. The maximum atomic E-state index is 2.68. The van der Waals surface area contributed by atoms with Crippen LogP contribution in [0.4, 0.5) is 34.1 Å². The quantitative estimate of drug-likeness (QED) is 0.160. The van der Waals surface area contributed by atoms with Gasteiger partial charge in [-0.05, 0) is 171 Å². The van der Waals surface area contributed by atoms with Gasteiger partial charge in [-0.1, -0.05) is 210 Å². The summed E-state index contributed by atoms with van der Waals surface area (Å²) in [4.78, 5) is 5.16. The molecule has 418 valence electrons. The smallest absolute Gasteiger partial charge is 0.252 e. The second-order valence-corrected chi connectivity index (χ2v) is 31.6. The van der Waals surface area contributed by atoms with Gasteiger partial charge in [-0.15, -0.1) is 0 Å². The molecule has 0 bridgehead atoms. The van der Waals surface area contributed by atoms with Crippen LogP contribution >= 0.6 is 0 Å². The summed E-state index contributed by atoms with van der Waals surface area (Å²) < 4.78 is 5.37. The van der Waals surface area contributed by atoms with Gasteiger partial charge in [0.2, 0.25) is 0 Å². The molecule has 4 aliphatic rings. The minimum atomic E-state index is -0.0487. The standard InChI is InChI=1S/C78H80B2N4/c1-73(2,3)45-19-27-51(28-20-45)81-61-33-23-47(75(7,8)9)39-57(61)79-59-41-49(77(13,14)15)25-35-63(59)83-67-44-68-56(43-55(67)53-31-37-65(81)69(79)71(53)83)54-32-38-66-70-72(54)84(68)64-36-26-50(78(16,17)18)42-60(64)80(70)58-40-48(76(10,11)12)24-34-62(58)82(66)52-29-21-46(22-30-52)74(4,5)6/h19-44H,1-18H3. The highest BCUT2D eigenvalue weighted by atomic mass is 15.2. The summed E-state index contributed by atoms with van der Waals surface area (Å²) >= 11 is 0. The number of benzene rings is 9. The average Bonchev–Trinajstić information content (AvgIpc) is 1.61. The highest BCUT2D eigenvalue weighted by molar-refractivity contribution is 7.01. The van der Waals surface area contributed by atoms with E-state index in [0.717, 1.165) is 0 Å². The van der Waals surface area contributed by atoms with Gasteiger partial charge >= 0.3 is 0 Å². The van der Waals surface area contributed by atoms with E-state index in [2.05, 4.69) is 301 Å². The van der Waals surface area contributed by atoms with Crippen LogP contribution in [0.15, 0.2) is 158 Å². The van der Waals surface area contributed by atoms with Crippen LogP contribution in [-0.4, -0.2) is 22.6 Å². The SMILES string of the molecule is CC(C)(C)c1ccc(N2c3ccc(C(C)(C)C)cc3B3c4cc(C(C)(C)C)ccc4-n4c5cc6c(cc5c5ccc2c3c54)c2ccc3c4c2n6-c2ccc(C(C)(C)C)cc2B4c2cc(C(C)(C)C)ccc2N3c2ccc(C(C)(C)C)cc2)cc1. The Labute approximate surface area is 499 Å². The van der Waals surface area contributed by atoms with Crippen molar-refractivity contribution in [1.29, 1.82) is 0 Å². The van der Waals surface area contributed by atoms with Crippen LogP contribution < -0.4 is 42.6 Å². The van der Waals surface area contributed by atoms with Crippen LogP contribution in [0.1, 0.15) is 158 Å². The van der Waals surface area contributed by atoms with Crippen molar-refractivity contribution < 1.29 is 0 Å². The first-order chi connectivity index (χ1) is 39.5. The van der Waals surface area contributed by atoms with Crippen LogP contribution in [0, 0.1) is 0 Å². The first kappa shape index (κ1) is 53.1. The first-order valence-corrected chi connectivity index (χ1v) is 31.0. The molecular weight excluding hydrogens is 1010 g/mol. The molecule has 15 rings (SSSR count). The number of hydrogen-bond acceptors (Lipinski definition) is 2. The lowest BCUT2D eigenvalue weighted by molar-refractivity contribution is 0.590. The van der Waals surface area contributed by atoms with Gasteiger partial charge in [-0.25, -0.2) is 0 Å². The molecule has 6 heteroatoms. The molecule has 4 nitrogen and oxygen atoms in total. The molecular formula is C78H80B2N4. The Morgan fingerprint density at radius 1 is 0.250 bits per heavy atom. The zero-order valence-corrected chi connectivity index (χ0v) is 53.0. The summed E-state index contributed by atoms with van der Waals surface area (Å²) in [6.45, 7) is 42.3. The van der Waals surface area contributed by atoms with Crippen molar-refractivity contribution in [2.45, 2.75) is 157 Å². The largest absolute Gasteiger partial charge is 0.311 e. The number of aromatic nitrogens is 2. The third kappa shape index (κ3) is 7.53. The number of nitrogens with zero attached hydrogens (tertiary/aromatic N) is 4. The molecule has 6 heterocycles. The molecule has 0 fully saturated rings. The Hall–Kier alpha value is -7.69. The molecule has 0 N–H and O–H groups in total. The third-order valence-electron chi connectivity index (χ3n) is 19.8.